The molecule has 3 heteroatoms. The Morgan fingerprint density at radius 2 is 0.952 bits per heavy atom. The van der Waals surface area contributed by atoms with Crippen LogP contribution in [0.2, 0.25) is 0 Å². The Kier molecular flexibility index (Phi) is 4.90. The molecule has 0 saturated heterocycles. The smallest absolute Gasteiger partial charge is 0.0701 e. The van der Waals surface area contributed by atoms with Gasteiger partial charge in [0.2, 0.25) is 0 Å². The number of hydrogen-bond donors (Lipinski definition) is 0. The van der Waals surface area contributed by atoms with Crippen molar-refractivity contribution in [2.24, 2.45) is 0 Å². The number of para-hydroxylation sites is 3. The quantitative estimate of drug-likeness (QED) is 0.221. The second kappa shape index (κ2) is 8.92. The summed E-state index contributed by atoms with van der Waals surface area (Å²) in [5, 5.41) is 7.51. The van der Waals surface area contributed by atoms with E-state index in [1.165, 1.54) is 54.4 Å². The minimum atomic E-state index is 0.978. The Hall–Kier alpha value is -5.67. The molecular weight excluding hydrogens is 510 g/mol. The normalized spacial score (nSPS) is 11.8. The van der Waals surface area contributed by atoms with Gasteiger partial charge in [-0.15, -0.1) is 0 Å². The molecule has 0 atom stereocenters. The third-order valence-corrected chi connectivity index (χ3v) is 8.55. The van der Waals surface area contributed by atoms with Gasteiger partial charge in [-0.05, 0) is 53.9 Å². The predicted molar refractivity (Wildman–Crippen MR) is 176 cm³/mol. The maximum absolute atomic E-state index is 4.57. The van der Waals surface area contributed by atoms with Gasteiger partial charge in [-0.2, -0.15) is 0 Å². The minimum Gasteiger partial charge on any atom is -0.309 e. The summed E-state index contributed by atoms with van der Waals surface area (Å²) in [4.78, 5) is 4.57. The summed E-state index contributed by atoms with van der Waals surface area (Å²) in [6.07, 6.45) is 1.85. The molecule has 3 aromatic heterocycles. The molecule has 0 unspecified atom stereocenters. The summed E-state index contributed by atoms with van der Waals surface area (Å²) in [6.45, 7) is 0. The van der Waals surface area contributed by atoms with Gasteiger partial charge in [0.25, 0.3) is 0 Å². The van der Waals surface area contributed by atoms with Gasteiger partial charge in [0, 0.05) is 50.1 Å². The number of nitrogens with zero attached hydrogens (tertiary/aromatic N) is 3. The number of rotatable bonds is 3. The lowest BCUT2D eigenvalue weighted by Crippen LogP contribution is -1.97. The Morgan fingerprint density at radius 1 is 0.405 bits per heavy atom. The monoisotopic (exact) mass is 535 g/mol. The fraction of sp³-hybridized carbons (Fsp3) is 0. The Bertz CT molecular complexity index is 2430. The zero-order valence-corrected chi connectivity index (χ0v) is 22.8. The molecule has 0 bridgehead atoms. The zero-order valence-electron chi connectivity index (χ0n) is 22.8. The number of hydrogen-bond acceptors (Lipinski definition) is 1. The highest BCUT2D eigenvalue weighted by Crippen LogP contribution is 2.43. The number of aromatic nitrogens is 3. The van der Waals surface area contributed by atoms with Crippen LogP contribution in [0.3, 0.4) is 0 Å². The molecule has 9 aromatic rings. The molecule has 196 valence electrons. The van der Waals surface area contributed by atoms with Crippen LogP contribution in [0.1, 0.15) is 0 Å². The van der Waals surface area contributed by atoms with Crippen LogP contribution in [0, 0.1) is 0 Å². The molecule has 0 amide bonds. The lowest BCUT2D eigenvalue weighted by atomic mass is 10.0. The first-order chi connectivity index (χ1) is 20.9. The lowest BCUT2D eigenvalue weighted by molar-refractivity contribution is 1.17. The van der Waals surface area contributed by atoms with Crippen molar-refractivity contribution < 1.29 is 0 Å². The topological polar surface area (TPSA) is 22.8 Å². The molecule has 0 aliphatic carbocycles. The molecule has 0 fully saturated rings. The predicted octanol–water partition coefficient (Wildman–Crippen LogP) is 10.1. The van der Waals surface area contributed by atoms with Gasteiger partial charge in [-0.3, -0.25) is 4.98 Å². The second-order valence-corrected chi connectivity index (χ2v) is 10.8. The maximum atomic E-state index is 4.57. The lowest BCUT2D eigenvalue weighted by Gasteiger charge is -2.14. The van der Waals surface area contributed by atoms with E-state index in [9.17, 15) is 0 Å². The molecule has 9 rings (SSSR count). The van der Waals surface area contributed by atoms with Crippen LogP contribution in [0.15, 0.2) is 152 Å². The Balaban J connectivity index is 1.46. The van der Waals surface area contributed by atoms with Gasteiger partial charge in [0.05, 0.1) is 27.8 Å². The highest BCUT2D eigenvalue weighted by atomic mass is 15.0. The molecular formula is C39H25N3. The van der Waals surface area contributed by atoms with E-state index in [1.54, 1.807) is 0 Å². The van der Waals surface area contributed by atoms with E-state index < -0.39 is 0 Å². The Labute approximate surface area is 242 Å². The summed E-state index contributed by atoms with van der Waals surface area (Å²) in [7, 11) is 0. The summed E-state index contributed by atoms with van der Waals surface area (Å²) in [6, 6.07) is 52.3. The van der Waals surface area contributed by atoms with Crippen molar-refractivity contribution in [1.82, 2.24) is 14.1 Å². The first kappa shape index (κ1) is 23.1. The van der Waals surface area contributed by atoms with E-state index in [-0.39, 0.29) is 0 Å². The molecule has 0 N–H and O–H groups in total. The van der Waals surface area contributed by atoms with Crippen LogP contribution < -0.4 is 0 Å². The van der Waals surface area contributed by atoms with Crippen molar-refractivity contribution >= 4 is 54.4 Å². The third kappa shape index (κ3) is 3.25. The van der Waals surface area contributed by atoms with Crippen molar-refractivity contribution in [3.63, 3.8) is 0 Å². The first-order valence-corrected chi connectivity index (χ1v) is 14.3. The van der Waals surface area contributed by atoms with Gasteiger partial charge < -0.3 is 9.13 Å². The van der Waals surface area contributed by atoms with Crippen LogP contribution >= 0.6 is 0 Å². The van der Waals surface area contributed by atoms with E-state index in [0.29, 0.717) is 0 Å². The standard InChI is InChI=1S/C39H25N3/c1-2-10-28(11-3-1)41-35-15-6-4-12-30(35)32-23-19-27-20-24-33-31-13-5-7-16-36(31)42(39(33)37(27)38(32)41)29-21-17-26(18-22-29)34-14-8-9-25-40-34/h1-25H. The third-order valence-electron chi connectivity index (χ3n) is 8.55. The van der Waals surface area contributed by atoms with E-state index in [2.05, 4.69) is 148 Å². The molecule has 0 aliphatic rings. The maximum Gasteiger partial charge on any atom is 0.0701 e. The fourth-order valence-corrected chi connectivity index (χ4v) is 6.74. The van der Waals surface area contributed by atoms with Crippen molar-refractivity contribution in [2.45, 2.75) is 0 Å². The van der Waals surface area contributed by atoms with Crippen molar-refractivity contribution in [3.8, 4) is 22.6 Å². The number of benzene rings is 6. The zero-order chi connectivity index (χ0) is 27.6. The SMILES string of the molecule is c1ccc(-n2c3ccccc3c3ccc4ccc5c6ccccc6n(-c6ccc(-c7ccccn7)cc6)c5c4c32)cc1. The van der Waals surface area contributed by atoms with Crippen molar-refractivity contribution in [1.29, 1.82) is 0 Å². The van der Waals surface area contributed by atoms with Gasteiger partial charge >= 0.3 is 0 Å². The van der Waals surface area contributed by atoms with Crippen LogP contribution in [-0.2, 0) is 0 Å². The molecule has 0 spiro atoms. The number of fused-ring (bicyclic) bond motifs is 9. The molecule has 3 heterocycles. The summed E-state index contributed by atoms with van der Waals surface area (Å²) in [5.74, 6) is 0. The fourth-order valence-electron chi connectivity index (χ4n) is 6.74. The Morgan fingerprint density at radius 3 is 1.55 bits per heavy atom. The van der Waals surface area contributed by atoms with E-state index in [1.807, 2.05) is 18.3 Å². The van der Waals surface area contributed by atoms with Gasteiger partial charge in [0.1, 0.15) is 0 Å². The highest BCUT2D eigenvalue weighted by molar-refractivity contribution is 6.28. The van der Waals surface area contributed by atoms with E-state index >= 15 is 0 Å². The summed E-state index contributed by atoms with van der Waals surface area (Å²) in [5.41, 5.74) is 9.26. The van der Waals surface area contributed by atoms with E-state index in [4.69, 9.17) is 0 Å². The molecule has 0 radical (unpaired) electrons. The molecule has 42 heavy (non-hydrogen) atoms. The van der Waals surface area contributed by atoms with Crippen LogP contribution in [-0.4, -0.2) is 14.1 Å². The van der Waals surface area contributed by atoms with Gasteiger partial charge in [0.15, 0.2) is 0 Å². The van der Waals surface area contributed by atoms with Gasteiger partial charge in [-0.25, -0.2) is 0 Å². The molecule has 3 nitrogen and oxygen atoms in total. The summed E-state index contributed by atoms with van der Waals surface area (Å²) >= 11 is 0. The largest absolute Gasteiger partial charge is 0.309 e. The molecule has 0 aliphatic heterocycles. The summed E-state index contributed by atoms with van der Waals surface area (Å²) < 4.78 is 4.89. The van der Waals surface area contributed by atoms with Crippen LogP contribution in [0.5, 0.6) is 0 Å². The minimum absolute atomic E-state index is 0.978. The van der Waals surface area contributed by atoms with Gasteiger partial charge in [-0.1, -0.05) is 97.1 Å². The van der Waals surface area contributed by atoms with Crippen molar-refractivity contribution in [2.75, 3.05) is 0 Å². The van der Waals surface area contributed by atoms with Crippen LogP contribution in [0.4, 0.5) is 0 Å². The van der Waals surface area contributed by atoms with Crippen molar-refractivity contribution in [3.05, 3.63) is 152 Å². The molecule has 0 saturated carbocycles. The molecule has 6 aromatic carbocycles. The average molecular weight is 536 g/mol. The highest BCUT2D eigenvalue weighted by Gasteiger charge is 2.20. The van der Waals surface area contributed by atoms with Crippen LogP contribution in [0.25, 0.3) is 77.0 Å². The van der Waals surface area contributed by atoms with E-state index in [0.717, 1.165) is 22.6 Å². The number of pyridine rings is 1. The second-order valence-electron chi connectivity index (χ2n) is 10.8. The average Bonchev–Trinajstić information content (AvgIpc) is 3.59. The first-order valence-electron chi connectivity index (χ1n) is 14.3.